The summed E-state index contributed by atoms with van der Waals surface area (Å²) in [6.07, 6.45) is 0. The van der Waals surface area contributed by atoms with Gasteiger partial charge in [0.25, 0.3) is 0 Å². The lowest BCUT2D eigenvalue weighted by molar-refractivity contribution is -0.115. The smallest absolute Gasteiger partial charge is 0.224 e. The van der Waals surface area contributed by atoms with Crippen molar-refractivity contribution in [1.29, 1.82) is 0 Å². The Balaban J connectivity index is 1.96. The minimum atomic E-state index is -0.654. The SMILES string of the molecule is COc1cc(NC2=C(Cl)C(=O)C(Nc3cc(OC)c(OC)c(OC)c3)=C(Cl)C2=O)cc(C)c1C. The van der Waals surface area contributed by atoms with Gasteiger partial charge in [0.1, 0.15) is 27.2 Å². The molecule has 1 aliphatic carbocycles. The van der Waals surface area contributed by atoms with E-state index < -0.39 is 11.6 Å². The van der Waals surface area contributed by atoms with E-state index in [0.717, 1.165) is 11.1 Å². The number of Topliss-reactive ketones (excluding diaryl/α,β-unsaturated/α-hetero) is 2. The van der Waals surface area contributed by atoms with Gasteiger partial charge in [0.2, 0.25) is 17.3 Å². The molecule has 2 aromatic rings. The number of carbonyl (C=O) groups excluding carboxylic acids is 2. The fourth-order valence-electron chi connectivity index (χ4n) is 3.42. The number of hydrogen-bond donors (Lipinski definition) is 2. The number of hydrogen-bond acceptors (Lipinski definition) is 8. The first-order valence-corrected chi connectivity index (χ1v) is 10.8. The number of nitrogens with one attached hydrogen (secondary N) is 2. The number of benzene rings is 2. The Morgan fingerprint density at radius 2 is 1.06 bits per heavy atom. The number of allylic oxidation sites excluding steroid dienone is 2. The van der Waals surface area contributed by atoms with Gasteiger partial charge in [-0.2, -0.15) is 0 Å². The summed E-state index contributed by atoms with van der Waals surface area (Å²) >= 11 is 12.7. The number of carbonyl (C=O) groups is 2. The van der Waals surface area contributed by atoms with E-state index in [1.54, 1.807) is 25.3 Å². The number of anilines is 2. The lowest BCUT2D eigenvalue weighted by Gasteiger charge is -2.21. The fourth-order valence-corrected chi connectivity index (χ4v) is 3.88. The van der Waals surface area contributed by atoms with Gasteiger partial charge < -0.3 is 29.6 Å². The molecule has 0 aromatic heterocycles. The Morgan fingerprint density at radius 1 is 0.647 bits per heavy atom. The second-order valence-electron chi connectivity index (χ2n) is 7.32. The van der Waals surface area contributed by atoms with E-state index in [-0.39, 0.29) is 21.5 Å². The summed E-state index contributed by atoms with van der Waals surface area (Å²) in [4.78, 5) is 26.1. The van der Waals surface area contributed by atoms with Gasteiger partial charge in [-0.1, -0.05) is 23.2 Å². The van der Waals surface area contributed by atoms with Crippen molar-refractivity contribution in [3.05, 3.63) is 56.9 Å². The Morgan fingerprint density at radius 3 is 1.47 bits per heavy atom. The minimum absolute atomic E-state index is 0.127. The topological polar surface area (TPSA) is 95.1 Å². The van der Waals surface area contributed by atoms with Crippen molar-refractivity contribution in [2.75, 3.05) is 39.1 Å². The number of aryl methyl sites for hydroxylation is 1. The van der Waals surface area contributed by atoms with E-state index in [0.29, 0.717) is 34.4 Å². The first kappa shape index (κ1) is 25.3. The molecule has 0 unspecified atom stereocenters. The predicted octanol–water partition coefficient (Wildman–Crippen LogP) is 4.91. The van der Waals surface area contributed by atoms with Gasteiger partial charge in [-0.15, -0.1) is 0 Å². The molecule has 8 nitrogen and oxygen atoms in total. The van der Waals surface area contributed by atoms with Crippen LogP contribution < -0.4 is 29.6 Å². The number of ketones is 2. The van der Waals surface area contributed by atoms with Crippen molar-refractivity contribution < 1.29 is 28.5 Å². The molecular weight excluding hydrogens is 483 g/mol. The molecule has 0 fully saturated rings. The van der Waals surface area contributed by atoms with E-state index in [4.69, 9.17) is 42.1 Å². The highest BCUT2D eigenvalue weighted by molar-refractivity contribution is 6.56. The lowest BCUT2D eigenvalue weighted by Crippen LogP contribution is -2.27. The zero-order valence-corrected chi connectivity index (χ0v) is 21.0. The average Bonchev–Trinajstić information content (AvgIpc) is 2.84. The van der Waals surface area contributed by atoms with Gasteiger partial charge in [-0.25, -0.2) is 0 Å². The van der Waals surface area contributed by atoms with Crippen molar-refractivity contribution in [3.63, 3.8) is 0 Å². The summed E-state index contributed by atoms with van der Waals surface area (Å²) in [5, 5.41) is 5.15. The lowest BCUT2D eigenvalue weighted by atomic mass is 10.0. The van der Waals surface area contributed by atoms with E-state index in [9.17, 15) is 9.59 Å². The van der Waals surface area contributed by atoms with E-state index in [2.05, 4.69) is 10.6 Å². The fraction of sp³-hybridized carbons (Fsp3) is 0.250. The first-order chi connectivity index (χ1) is 16.2. The van der Waals surface area contributed by atoms with E-state index in [1.807, 2.05) is 19.9 Å². The van der Waals surface area contributed by atoms with Crippen LogP contribution in [0.25, 0.3) is 0 Å². The Kier molecular flexibility index (Phi) is 7.64. The molecule has 2 aromatic carbocycles. The second-order valence-corrected chi connectivity index (χ2v) is 8.08. The van der Waals surface area contributed by atoms with Crippen LogP contribution >= 0.6 is 23.2 Å². The van der Waals surface area contributed by atoms with Crippen LogP contribution in [-0.4, -0.2) is 40.0 Å². The quantitative estimate of drug-likeness (QED) is 0.487. The van der Waals surface area contributed by atoms with Gasteiger partial charge in [-0.05, 0) is 31.0 Å². The molecule has 180 valence electrons. The van der Waals surface area contributed by atoms with Gasteiger partial charge >= 0.3 is 0 Å². The van der Waals surface area contributed by atoms with Gasteiger partial charge in [0.05, 0.1) is 28.4 Å². The summed E-state index contributed by atoms with van der Waals surface area (Å²) in [5.74, 6) is 0.401. The van der Waals surface area contributed by atoms with Crippen LogP contribution in [0.1, 0.15) is 11.1 Å². The summed E-state index contributed by atoms with van der Waals surface area (Å²) in [5.41, 5.74) is 2.49. The number of halogens is 2. The summed E-state index contributed by atoms with van der Waals surface area (Å²) < 4.78 is 21.3. The highest BCUT2D eigenvalue weighted by Crippen LogP contribution is 2.41. The maximum Gasteiger partial charge on any atom is 0.224 e. The van der Waals surface area contributed by atoms with Crippen molar-refractivity contribution in [3.8, 4) is 23.0 Å². The van der Waals surface area contributed by atoms with Crippen LogP contribution in [0.5, 0.6) is 23.0 Å². The minimum Gasteiger partial charge on any atom is -0.496 e. The monoisotopic (exact) mass is 506 g/mol. The Labute approximate surface area is 207 Å². The van der Waals surface area contributed by atoms with Crippen LogP contribution in [0.15, 0.2) is 45.7 Å². The van der Waals surface area contributed by atoms with Crippen LogP contribution in [0.2, 0.25) is 0 Å². The van der Waals surface area contributed by atoms with Gasteiger partial charge in [0.15, 0.2) is 11.5 Å². The third-order valence-electron chi connectivity index (χ3n) is 5.33. The Hall–Kier alpha value is -3.36. The van der Waals surface area contributed by atoms with Crippen molar-refractivity contribution in [2.24, 2.45) is 0 Å². The summed E-state index contributed by atoms with van der Waals surface area (Å²) in [7, 11) is 5.94. The van der Waals surface area contributed by atoms with Crippen LogP contribution in [0, 0.1) is 13.8 Å². The molecule has 1 aliphatic rings. The average molecular weight is 507 g/mol. The summed E-state index contributed by atoms with van der Waals surface area (Å²) in [6.45, 7) is 3.82. The highest BCUT2D eigenvalue weighted by atomic mass is 35.5. The first-order valence-electron chi connectivity index (χ1n) is 10.0. The molecule has 0 atom stereocenters. The summed E-state index contributed by atoms with van der Waals surface area (Å²) in [6, 6.07) is 6.67. The van der Waals surface area contributed by atoms with Crippen molar-refractivity contribution in [1.82, 2.24) is 0 Å². The molecule has 0 saturated carbocycles. The van der Waals surface area contributed by atoms with Crippen molar-refractivity contribution in [2.45, 2.75) is 13.8 Å². The Bertz CT molecular complexity index is 1210. The molecule has 0 spiro atoms. The maximum atomic E-state index is 13.1. The predicted molar refractivity (Wildman–Crippen MR) is 132 cm³/mol. The number of methoxy groups -OCH3 is 4. The number of rotatable bonds is 8. The third kappa shape index (κ3) is 4.64. The molecular formula is C24H24Cl2N2O6. The van der Waals surface area contributed by atoms with E-state index >= 15 is 0 Å². The molecule has 34 heavy (non-hydrogen) atoms. The maximum absolute atomic E-state index is 13.1. The van der Waals surface area contributed by atoms with Crippen molar-refractivity contribution >= 4 is 46.1 Å². The van der Waals surface area contributed by atoms with Crippen LogP contribution in [0.3, 0.4) is 0 Å². The molecule has 10 heteroatoms. The second kappa shape index (κ2) is 10.3. The normalized spacial score (nSPS) is 13.8. The molecule has 0 amide bonds. The molecule has 0 bridgehead atoms. The largest absolute Gasteiger partial charge is 0.496 e. The van der Waals surface area contributed by atoms with Crippen LogP contribution in [-0.2, 0) is 9.59 Å². The zero-order valence-electron chi connectivity index (χ0n) is 19.5. The van der Waals surface area contributed by atoms with Gasteiger partial charge in [0, 0.05) is 29.6 Å². The molecule has 0 aliphatic heterocycles. The highest BCUT2D eigenvalue weighted by Gasteiger charge is 2.34. The van der Waals surface area contributed by atoms with Gasteiger partial charge in [-0.3, -0.25) is 9.59 Å². The molecule has 0 radical (unpaired) electrons. The molecule has 0 saturated heterocycles. The third-order valence-corrected chi connectivity index (χ3v) is 6.06. The molecule has 2 N–H and O–H groups in total. The number of ether oxygens (including phenoxy) is 4. The van der Waals surface area contributed by atoms with E-state index in [1.165, 1.54) is 21.3 Å². The zero-order chi connectivity index (χ0) is 25.2. The molecule has 0 heterocycles. The molecule has 3 rings (SSSR count). The van der Waals surface area contributed by atoms with Crippen LogP contribution in [0.4, 0.5) is 11.4 Å². The standard InChI is InChI=1S/C24H24Cl2N2O6/c1-11-7-13(8-15(31-3)12(11)2)27-20-18(25)23(30)21(19(26)22(20)29)28-14-9-16(32-4)24(34-6)17(10-14)33-5/h7-10,27-28H,1-6H3.